The van der Waals surface area contributed by atoms with Gasteiger partial charge in [0.2, 0.25) is 5.95 Å². The third-order valence-corrected chi connectivity index (χ3v) is 2.52. The third-order valence-electron chi connectivity index (χ3n) is 2.52. The molecule has 98 valence electrons. The Balaban J connectivity index is 2.94. The van der Waals surface area contributed by atoms with E-state index in [2.05, 4.69) is 41.0 Å². The lowest BCUT2D eigenvalue weighted by Gasteiger charge is -2.09. The second kappa shape index (κ2) is 7.54. The Hall–Kier alpha value is -1.76. The number of nitrogens with two attached hydrogens (primary N) is 1. The summed E-state index contributed by atoms with van der Waals surface area (Å²) in [5, 5.41) is 3.29. The maximum atomic E-state index is 5.68. The van der Waals surface area contributed by atoms with Gasteiger partial charge in [-0.2, -0.15) is 4.98 Å². The molecule has 0 radical (unpaired) electrons. The summed E-state index contributed by atoms with van der Waals surface area (Å²) in [5.74, 6) is 7.33. The summed E-state index contributed by atoms with van der Waals surface area (Å²) < 4.78 is 0. The minimum atomic E-state index is 0.299. The van der Waals surface area contributed by atoms with Gasteiger partial charge in [0.1, 0.15) is 5.82 Å². The molecule has 0 fully saturated rings. The van der Waals surface area contributed by atoms with Crippen molar-refractivity contribution in [3.05, 3.63) is 11.3 Å². The number of nitrogens with zero attached hydrogens (tertiary/aromatic N) is 2. The maximum Gasteiger partial charge on any atom is 0.222 e. The van der Waals surface area contributed by atoms with Gasteiger partial charge in [0.15, 0.2) is 0 Å². The van der Waals surface area contributed by atoms with Crippen LogP contribution in [0.4, 0.5) is 11.8 Å². The number of aryl methyl sites for hydroxylation is 1. The van der Waals surface area contributed by atoms with Gasteiger partial charge < -0.3 is 11.1 Å². The van der Waals surface area contributed by atoms with Crippen molar-refractivity contribution in [1.82, 2.24) is 9.97 Å². The average Bonchev–Trinajstić information content (AvgIpc) is 2.32. The first-order valence-corrected chi connectivity index (χ1v) is 6.55. The molecule has 4 nitrogen and oxygen atoms in total. The first-order chi connectivity index (χ1) is 8.69. The van der Waals surface area contributed by atoms with E-state index in [1.807, 2.05) is 6.92 Å². The molecular weight excluding hydrogens is 224 g/mol. The first kappa shape index (κ1) is 14.3. The number of nitrogen functional groups attached to an aromatic ring is 1. The van der Waals surface area contributed by atoms with Gasteiger partial charge in [-0.05, 0) is 19.8 Å². The van der Waals surface area contributed by atoms with Gasteiger partial charge in [0.25, 0.3) is 0 Å². The number of aromatic nitrogens is 2. The van der Waals surface area contributed by atoms with Crippen molar-refractivity contribution in [2.75, 3.05) is 17.6 Å². The molecule has 0 spiro atoms. The number of anilines is 2. The van der Waals surface area contributed by atoms with E-state index >= 15 is 0 Å². The highest BCUT2D eigenvalue weighted by atomic mass is 15.1. The summed E-state index contributed by atoms with van der Waals surface area (Å²) in [6, 6.07) is 0. The van der Waals surface area contributed by atoms with Crippen LogP contribution in [0.3, 0.4) is 0 Å². The van der Waals surface area contributed by atoms with Gasteiger partial charge >= 0.3 is 0 Å². The zero-order chi connectivity index (χ0) is 13.4. The van der Waals surface area contributed by atoms with E-state index in [9.17, 15) is 0 Å². The Morgan fingerprint density at radius 3 is 2.67 bits per heavy atom. The molecule has 0 saturated carbocycles. The largest absolute Gasteiger partial charge is 0.369 e. The van der Waals surface area contributed by atoms with E-state index < -0.39 is 0 Å². The quantitative estimate of drug-likeness (QED) is 0.619. The first-order valence-electron chi connectivity index (χ1n) is 6.55. The van der Waals surface area contributed by atoms with Crippen LogP contribution in [-0.2, 0) is 0 Å². The average molecular weight is 246 g/mol. The molecule has 0 aliphatic rings. The predicted octanol–water partition coefficient (Wildman–Crippen LogP) is 2.73. The van der Waals surface area contributed by atoms with E-state index in [0.29, 0.717) is 5.95 Å². The molecular formula is C14H22N4. The lowest BCUT2D eigenvalue weighted by Crippen LogP contribution is -2.09. The Kier molecular flexibility index (Phi) is 5.99. The van der Waals surface area contributed by atoms with Crippen LogP contribution in [0.25, 0.3) is 0 Å². The van der Waals surface area contributed by atoms with Crippen LogP contribution in [-0.4, -0.2) is 16.5 Å². The Morgan fingerprint density at radius 2 is 2.00 bits per heavy atom. The highest BCUT2D eigenvalue weighted by molar-refractivity contribution is 5.57. The number of hydrogen-bond donors (Lipinski definition) is 2. The fourth-order valence-electron chi connectivity index (χ4n) is 1.53. The maximum absolute atomic E-state index is 5.68. The van der Waals surface area contributed by atoms with Gasteiger partial charge in [-0.15, -0.1) is 0 Å². The zero-order valence-corrected chi connectivity index (χ0v) is 11.5. The molecule has 4 heteroatoms. The minimum absolute atomic E-state index is 0.299. The monoisotopic (exact) mass is 246 g/mol. The van der Waals surface area contributed by atoms with Crippen LogP contribution in [0.1, 0.15) is 50.8 Å². The number of unbranched alkanes of at least 4 members (excludes halogenated alkanes) is 2. The summed E-state index contributed by atoms with van der Waals surface area (Å²) in [7, 11) is 0. The molecule has 0 aliphatic carbocycles. The molecule has 0 unspecified atom stereocenters. The van der Waals surface area contributed by atoms with Crippen LogP contribution in [0.2, 0.25) is 0 Å². The Morgan fingerprint density at radius 1 is 1.22 bits per heavy atom. The van der Waals surface area contributed by atoms with Gasteiger partial charge in [-0.1, -0.05) is 32.1 Å². The van der Waals surface area contributed by atoms with Crippen LogP contribution >= 0.6 is 0 Å². The second-order valence-electron chi connectivity index (χ2n) is 4.22. The number of rotatable bonds is 5. The standard InChI is InChI=1S/C14H22N4/c1-4-6-8-9-12-11(3)17-14(15)18-13(12)16-10-7-5-2/h4-7,10H2,1-3H3,(H3,15,16,17,18). The second-order valence-corrected chi connectivity index (χ2v) is 4.22. The van der Waals surface area contributed by atoms with Gasteiger partial charge in [0.05, 0.1) is 11.3 Å². The summed E-state index contributed by atoms with van der Waals surface area (Å²) >= 11 is 0. The van der Waals surface area contributed by atoms with E-state index in [1.54, 1.807) is 0 Å². The predicted molar refractivity (Wildman–Crippen MR) is 76.4 cm³/mol. The fraction of sp³-hybridized carbons (Fsp3) is 0.571. The van der Waals surface area contributed by atoms with Crippen molar-refractivity contribution in [2.24, 2.45) is 0 Å². The third kappa shape index (κ3) is 4.25. The fourth-order valence-corrected chi connectivity index (χ4v) is 1.53. The van der Waals surface area contributed by atoms with E-state index in [4.69, 9.17) is 5.73 Å². The molecule has 1 aromatic heterocycles. The molecule has 1 aromatic rings. The summed E-state index contributed by atoms with van der Waals surface area (Å²) in [5.41, 5.74) is 7.38. The number of hydrogen-bond acceptors (Lipinski definition) is 4. The molecule has 0 bridgehead atoms. The lowest BCUT2D eigenvalue weighted by molar-refractivity contribution is 0.829. The van der Waals surface area contributed by atoms with Crippen molar-refractivity contribution in [3.8, 4) is 11.8 Å². The van der Waals surface area contributed by atoms with Crippen molar-refractivity contribution < 1.29 is 0 Å². The van der Waals surface area contributed by atoms with Gasteiger partial charge in [-0.25, -0.2) is 4.98 Å². The van der Waals surface area contributed by atoms with Gasteiger partial charge in [-0.3, -0.25) is 0 Å². The molecule has 3 N–H and O–H groups in total. The van der Waals surface area contributed by atoms with Crippen LogP contribution in [0, 0.1) is 18.8 Å². The smallest absolute Gasteiger partial charge is 0.222 e. The highest BCUT2D eigenvalue weighted by Crippen LogP contribution is 2.16. The zero-order valence-electron chi connectivity index (χ0n) is 11.5. The van der Waals surface area contributed by atoms with Crippen molar-refractivity contribution in [1.29, 1.82) is 0 Å². The molecule has 0 aliphatic heterocycles. The summed E-state index contributed by atoms with van der Waals surface area (Å²) in [4.78, 5) is 8.40. The normalized spacial score (nSPS) is 9.72. The minimum Gasteiger partial charge on any atom is -0.369 e. The molecule has 18 heavy (non-hydrogen) atoms. The van der Waals surface area contributed by atoms with Crippen LogP contribution < -0.4 is 11.1 Å². The lowest BCUT2D eigenvalue weighted by atomic mass is 10.2. The highest BCUT2D eigenvalue weighted by Gasteiger charge is 2.07. The van der Waals surface area contributed by atoms with Gasteiger partial charge in [0, 0.05) is 13.0 Å². The van der Waals surface area contributed by atoms with Crippen molar-refractivity contribution >= 4 is 11.8 Å². The molecule has 0 aromatic carbocycles. The van der Waals surface area contributed by atoms with E-state index in [0.717, 1.165) is 49.3 Å². The van der Waals surface area contributed by atoms with E-state index in [1.165, 1.54) is 0 Å². The Bertz CT molecular complexity index is 443. The molecule has 0 saturated heterocycles. The molecule has 1 heterocycles. The van der Waals surface area contributed by atoms with E-state index in [-0.39, 0.29) is 0 Å². The topological polar surface area (TPSA) is 63.8 Å². The number of nitrogens with one attached hydrogen (secondary N) is 1. The molecule has 0 atom stereocenters. The van der Waals surface area contributed by atoms with Crippen molar-refractivity contribution in [3.63, 3.8) is 0 Å². The van der Waals surface area contributed by atoms with Crippen LogP contribution in [0.15, 0.2) is 0 Å². The summed E-state index contributed by atoms with van der Waals surface area (Å²) in [6.45, 7) is 7.07. The van der Waals surface area contributed by atoms with Crippen LogP contribution in [0.5, 0.6) is 0 Å². The molecule has 0 amide bonds. The van der Waals surface area contributed by atoms with Crippen molar-refractivity contribution in [2.45, 2.75) is 46.5 Å². The Labute approximate surface area is 109 Å². The summed E-state index contributed by atoms with van der Waals surface area (Å²) in [6.07, 6.45) is 4.19. The molecule has 1 rings (SSSR count). The SMILES string of the molecule is CCCC#Cc1c(C)nc(N)nc1NCCCC.